The molecular weight excluding hydrogens is 266 g/mol. The van der Waals surface area contributed by atoms with Crippen LogP contribution < -0.4 is 5.32 Å². The Kier molecular flexibility index (Phi) is 4.32. The number of halogens is 1. The number of para-hydroxylation sites is 1. The number of amides is 1. The third kappa shape index (κ3) is 3.61. The molecule has 4 nitrogen and oxygen atoms in total. The summed E-state index contributed by atoms with van der Waals surface area (Å²) in [6.45, 7) is 0. The minimum atomic E-state index is -0.906. The lowest BCUT2D eigenvalue weighted by Crippen LogP contribution is -2.35. The van der Waals surface area contributed by atoms with Crippen molar-refractivity contribution in [3.05, 3.63) is 23.2 Å². The third-order valence-electron chi connectivity index (χ3n) is 3.53. The van der Waals surface area contributed by atoms with Crippen LogP contribution in [0.3, 0.4) is 0 Å². The average molecular weight is 284 g/mol. The van der Waals surface area contributed by atoms with Crippen molar-refractivity contribution < 1.29 is 15.0 Å². The molecule has 3 N–H and O–H groups in total. The zero-order chi connectivity index (χ0) is 13.9. The van der Waals surface area contributed by atoms with E-state index in [1.54, 1.807) is 18.2 Å². The zero-order valence-corrected chi connectivity index (χ0v) is 11.4. The predicted molar refractivity (Wildman–Crippen MR) is 74.4 cm³/mol. The molecule has 1 aliphatic carbocycles. The highest BCUT2D eigenvalue weighted by Gasteiger charge is 2.31. The van der Waals surface area contributed by atoms with Gasteiger partial charge in [-0.2, -0.15) is 0 Å². The molecule has 5 heteroatoms. The first-order valence-electron chi connectivity index (χ1n) is 6.50. The highest BCUT2D eigenvalue weighted by atomic mass is 35.5. The molecule has 1 aliphatic rings. The van der Waals surface area contributed by atoms with E-state index < -0.39 is 5.60 Å². The summed E-state index contributed by atoms with van der Waals surface area (Å²) in [6.07, 6.45) is 4.38. The molecule has 1 aromatic carbocycles. The molecule has 0 heterocycles. The highest BCUT2D eigenvalue weighted by Crippen LogP contribution is 2.33. The maximum absolute atomic E-state index is 11.9. The number of rotatable bonds is 3. The monoisotopic (exact) mass is 283 g/mol. The first-order valence-corrected chi connectivity index (χ1v) is 6.88. The van der Waals surface area contributed by atoms with Gasteiger partial charge in [0.1, 0.15) is 0 Å². The molecule has 0 bridgehead atoms. The SMILES string of the molecule is O=C(CC1(O)CCCCC1)Nc1cccc(Cl)c1O. The van der Waals surface area contributed by atoms with Crippen LogP contribution in [-0.2, 0) is 4.79 Å². The Morgan fingerprint density at radius 2 is 2.00 bits per heavy atom. The minimum Gasteiger partial charge on any atom is -0.504 e. The fourth-order valence-electron chi connectivity index (χ4n) is 2.50. The number of phenols is 1. The van der Waals surface area contributed by atoms with E-state index in [0.717, 1.165) is 19.3 Å². The summed E-state index contributed by atoms with van der Waals surface area (Å²) in [5, 5.41) is 22.8. The second kappa shape index (κ2) is 5.80. The van der Waals surface area contributed by atoms with Gasteiger partial charge in [0.2, 0.25) is 5.91 Å². The van der Waals surface area contributed by atoms with Crippen molar-refractivity contribution in [3.63, 3.8) is 0 Å². The quantitative estimate of drug-likeness (QED) is 0.747. The Labute approximate surface area is 117 Å². The summed E-state index contributed by atoms with van der Waals surface area (Å²) in [6, 6.07) is 4.76. The predicted octanol–water partition coefficient (Wildman–Crippen LogP) is 3.07. The van der Waals surface area contributed by atoms with Crippen molar-refractivity contribution >= 4 is 23.2 Å². The van der Waals surface area contributed by atoms with E-state index in [1.165, 1.54) is 0 Å². The van der Waals surface area contributed by atoms with Gasteiger partial charge in [0.25, 0.3) is 0 Å². The van der Waals surface area contributed by atoms with Gasteiger partial charge in [-0.05, 0) is 25.0 Å². The molecule has 2 rings (SSSR count). The van der Waals surface area contributed by atoms with Crippen LogP contribution in [-0.4, -0.2) is 21.7 Å². The Morgan fingerprint density at radius 1 is 1.32 bits per heavy atom. The van der Waals surface area contributed by atoms with Gasteiger partial charge in [-0.3, -0.25) is 4.79 Å². The van der Waals surface area contributed by atoms with Gasteiger partial charge in [0.15, 0.2) is 5.75 Å². The highest BCUT2D eigenvalue weighted by molar-refractivity contribution is 6.32. The molecule has 1 amide bonds. The van der Waals surface area contributed by atoms with Gasteiger partial charge in [-0.1, -0.05) is 36.9 Å². The Morgan fingerprint density at radius 3 is 2.68 bits per heavy atom. The van der Waals surface area contributed by atoms with Gasteiger partial charge < -0.3 is 15.5 Å². The lowest BCUT2D eigenvalue weighted by Gasteiger charge is -2.31. The molecule has 1 aromatic rings. The molecule has 0 atom stereocenters. The zero-order valence-electron chi connectivity index (χ0n) is 10.7. The Hall–Kier alpha value is -1.26. The molecule has 19 heavy (non-hydrogen) atoms. The van der Waals surface area contributed by atoms with Crippen molar-refractivity contribution in [1.82, 2.24) is 0 Å². The molecule has 0 unspecified atom stereocenters. The van der Waals surface area contributed by atoms with Crippen LogP contribution in [0, 0.1) is 0 Å². The smallest absolute Gasteiger partial charge is 0.227 e. The van der Waals surface area contributed by atoms with Crippen LogP contribution >= 0.6 is 11.6 Å². The summed E-state index contributed by atoms with van der Waals surface area (Å²) in [5.74, 6) is -0.449. The Balaban J connectivity index is 1.99. The van der Waals surface area contributed by atoms with Crippen LogP contribution in [0.15, 0.2) is 18.2 Å². The molecule has 0 aromatic heterocycles. The van der Waals surface area contributed by atoms with Gasteiger partial charge in [0.05, 0.1) is 22.7 Å². The molecule has 0 radical (unpaired) electrons. The topological polar surface area (TPSA) is 69.6 Å². The standard InChI is InChI=1S/C14H18ClNO3/c15-10-5-4-6-11(13(10)18)16-12(17)9-14(19)7-2-1-3-8-14/h4-6,18-19H,1-3,7-9H2,(H,16,17). The largest absolute Gasteiger partial charge is 0.504 e. The third-order valence-corrected chi connectivity index (χ3v) is 3.84. The number of phenolic OH excluding ortho intramolecular Hbond substituents is 1. The van der Waals surface area contributed by atoms with Crippen LogP contribution in [0.1, 0.15) is 38.5 Å². The summed E-state index contributed by atoms with van der Waals surface area (Å²) in [5.41, 5.74) is -0.631. The molecular formula is C14H18ClNO3. The second-order valence-corrected chi connectivity index (χ2v) is 5.55. The van der Waals surface area contributed by atoms with Crippen LogP contribution in [0.5, 0.6) is 5.75 Å². The van der Waals surface area contributed by atoms with E-state index in [9.17, 15) is 15.0 Å². The number of nitrogens with one attached hydrogen (secondary N) is 1. The maximum atomic E-state index is 11.9. The van der Waals surface area contributed by atoms with Crippen molar-refractivity contribution in [1.29, 1.82) is 0 Å². The molecule has 0 aliphatic heterocycles. The number of hydrogen-bond acceptors (Lipinski definition) is 3. The first kappa shape index (κ1) is 14.2. The van der Waals surface area contributed by atoms with E-state index in [4.69, 9.17) is 11.6 Å². The molecule has 1 fully saturated rings. The van der Waals surface area contributed by atoms with E-state index in [-0.39, 0.29) is 28.8 Å². The first-order chi connectivity index (χ1) is 9.00. The van der Waals surface area contributed by atoms with Gasteiger partial charge in [0, 0.05) is 0 Å². The van der Waals surface area contributed by atoms with Gasteiger partial charge in [-0.25, -0.2) is 0 Å². The van der Waals surface area contributed by atoms with E-state index >= 15 is 0 Å². The molecule has 104 valence electrons. The fourth-order valence-corrected chi connectivity index (χ4v) is 2.67. The van der Waals surface area contributed by atoms with Crippen molar-refractivity contribution in [2.75, 3.05) is 5.32 Å². The van der Waals surface area contributed by atoms with E-state index in [2.05, 4.69) is 5.32 Å². The van der Waals surface area contributed by atoms with Crippen molar-refractivity contribution in [2.45, 2.75) is 44.1 Å². The summed E-state index contributed by atoms with van der Waals surface area (Å²) in [4.78, 5) is 11.9. The van der Waals surface area contributed by atoms with Crippen LogP contribution in [0.2, 0.25) is 5.02 Å². The van der Waals surface area contributed by atoms with Gasteiger partial charge in [-0.15, -0.1) is 0 Å². The summed E-state index contributed by atoms with van der Waals surface area (Å²) < 4.78 is 0. The second-order valence-electron chi connectivity index (χ2n) is 5.15. The van der Waals surface area contributed by atoms with Crippen molar-refractivity contribution in [3.8, 4) is 5.75 Å². The van der Waals surface area contributed by atoms with Gasteiger partial charge >= 0.3 is 0 Å². The fraction of sp³-hybridized carbons (Fsp3) is 0.500. The number of anilines is 1. The molecule has 0 spiro atoms. The lowest BCUT2D eigenvalue weighted by molar-refractivity contribution is -0.122. The summed E-state index contributed by atoms with van der Waals surface area (Å²) in [7, 11) is 0. The molecule has 0 saturated heterocycles. The number of benzene rings is 1. The number of aliphatic hydroxyl groups is 1. The maximum Gasteiger partial charge on any atom is 0.227 e. The van der Waals surface area contributed by atoms with Crippen LogP contribution in [0.25, 0.3) is 0 Å². The van der Waals surface area contributed by atoms with Crippen molar-refractivity contribution in [2.24, 2.45) is 0 Å². The number of hydrogen-bond donors (Lipinski definition) is 3. The Bertz CT molecular complexity index is 470. The number of carbonyl (C=O) groups excluding carboxylic acids is 1. The summed E-state index contributed by atoms with van der Waals surface area (Å²) >= 11 is 5.77. The lowest BCUT2D eigenvalue weighted by atomic mass is 9.82. The van der Waals surface area contributed by atoms with E-state index in [1.807, 2.05) is 0 Å². The average Bonchev–Trinajstić information content (AvgIpc) is 2.35. The van der Waals surface area contributed by atoms with Crippen LogP contribution in [0.4, 0.5) is 5.69 Å². The minimum absolute atomic E-state index is 0.0545. The number of aromatic hydroxyl groups is 1. The van der Waals surface area contributed by atoms with E-state index in [0.29, 0.717) is 12.8 Å². The number of carbonyl (C=O) groups is 1. The molecule has 1 saturated carbocycles. The normalized spacial score (nSPS) is 18.0.